The van der Waals surface area contributed by atoms with Crippen LogP contribution in [0.1, 0.15) is 60.6 Å². The van der Waals surface area contributed by atoms with E-state index in [-0.39, 0.29) is 22.3 Å². The van der Waals surface area contributed by atoms with E-state index in [1.807, 2.05) is 0 Å². The fourth-order valence-corrected chi connectivity index (χ4v) is 6.43. The van der Waals surface area contributed by atoms with Crippen molar-refractivity contribution in [2.75, 3.05) is 0 Å². The molecule has 0 amide bonds. The molecule has 226 valence electrons. The quantitative estimate of drug-likeness (QED) is 0.176. The summed E-state index contributed by atoms with van der Waals surface area (Å²) in [6.07, 6.45) is 0. The van der Waals surface area contributed by atoms with Gasteiger partial charge < -0.3 is 4.42 Å². The fraction of sp³-hybridized carbons (Fsp3) is 0.0638. The SMILES string of the molecule is [2H]c1c([2H])c([2H])c(-c2c([2H])c([2H])c3c(c2[2H])C(C)(C)c2c([2H])c(-c4c5c([2H])c([2H])c([2H])c([2H])c5c(-c5c([2H])c([2H])c6oc7c([2H])c([2H])c([2H])c([2H])c7c6c5[2H])c5c([2H])c([2H])c([2H])c([2H])c45)c([2H])c([2H])c2-3)c([2H])c1[2H]. The number of fused-ring (bicyclic) bond motifs is 8. The van der Waals surface area contributed by atoms with E-state index in [1.54, 1.807) is 0 Å². The summed E-state index contributed by atoms with van der Waals surface area (Å²) in [4.78, 5) is 0. The average Bonchev–Trinajstić information content (AvgIpc) is 3.89. The molecular formula is C47H32O. The van der Waals surface area contributed by atoms with Crippen LogP contribution < -0.4 is 0 Å². The summed E-state index contributed by atoms with van der Waals surface area (Å²) >= 11 is 0. The third kappa shape index (κ3) is 3.85. The smallest absolute Gasteiger partial charge is 0.135 e. The van der Waals surface area contributed by atoms with Gasteiger partial charge in [0.2, 0.25) is 0 Å². The van der Waals surface area contributed by atoms with Gasteiger partial charge in [-0.05, 0) is 107 Å². The summed E-state index contributed by atoms with van der Waals surface area (Å²) in [6.45, 7) is 2.93. The molecule has 0 bridgehead atoms. The Bertz CT molecular complexity index is 4120. The molecule has 0 N–H and O–H groups in total. The van der Waals surface area contributed by atoms with Crippen LogP contribution >= 0.6 is 0 Å². The van der Waals surface area contributed by atoms with Gasteiger partial charge in [0.1, 0.15) is 11.2 Å². The molecular weight excluding hydrogens is 581 g/mol. The van der Waals surface area contributed by atoms with Crippen molar-refractivity contribution in [3.05, 3.63) is 168 Å². The minimum absolute atomic E-state index is 0.146. The molecule has 1 aromatic heterocycles. The molecule has 48 heavy (non-hydrogen) atoms. The van der Waals surface area contributed by atoms with E-state index in [2.05, 4.69) is 0 Å². The first-order chi connectivity index (χ1) is 34.4. The fourth-order valence-electron chi connectivity index (χ4n) is 6.43. The van der Waals surface area contributed by atoms with Crippen molar-refractivity contribution in [1.82, 2.24) is 0 Å². The number of hydrogen-bond donors (Lipinski definition) is 0. The summed E-state index contributed by atoms with van der Waals surface area (Å²) in [6, 6.07) is -21.1. The maximum Gasteiger partial charge on any atom is 0.135 e. The molecule has 10 rings (SSSR count). The first-order valence-corrected chi connectivity index (χ1v) is 14.7. The second-order valence-corrected chi connectivity index (χ2v) is 11.6. The van der Waals surface area contributed by atoms with Gasteiger partial charge in [-0.15, -0.1) is 0 Å². The summed E-state index contributed by atoms with van der Waals surface area (Å²) < 4.78 is 241. The van der Waals surface area contributed by atoms with Crippen LogP contribution in [-0.4, -0.2) is 0 Å². The number of para-hydroxylation sites is 1. The Kier molecular flexibility index (Phi) is 2.50. The van der Waals surface area contributed by atoms with Crippen molar-refractivity contribution in [3.8, 4) is 44.5 Å². The topological polar surface area (TPSA) is 13.1 Å². The van der Waals surface area contributed by atoms with Crippen LogP contribution in [0.2, 0.25) is 0 Å². The molecule has 9 aromatic rings. The third-order valence-corrected chi connectivity index (χ3v) is 8.64. The van der Waals surface area contributed by atoms with Gasteiger partial charge in [-0.25, -0.2) is 0 Å². The third-order valence-electron chi connectivity index (χ3n) is 8.64. The highest BCUT2D eigenvalue weighted by Crippen LogP contribution is 2.52. The van der Waals surface area contributed by atoms with E-state index in [0.717, 1.165) is 0 Å². The van der Waals surface area contributed by atoms with E-state index < -0.39 is 239 Å². The van der Waals surface area contributed by atoms with Gasteiger partial charge in [-0.1, -0.05) is 141 Å². The minimum Gasteiger partial charge on any atom is -0.456 e. The number of hydrogen-bond acceptors (Lipinski definition) is 1. The maximum atomic E-state index is 10.1. The Labute approximate surface area is 316 Å². The number of furan rings is 1. The molecule has 0 saturated carbocycles. The normalized spacial score (nSPS) is 21.0. The Morgan fingerprint density at radius 1 is 0.396 bits per heavy atom. The van der Waals surface area contributed by atoms with Crippen LogP contribution in [0.15, 0.2) is 162 Å². The van der Waals surface area contributed by atoms with Crippen LogP contribution in [0, 0.1) is 0 Å². The first kappa shape index (κ1) is 12.0. The van der Waals surface area contributed by atoms with Crippen molar-refractivity contribution in [2.45, 2.75) is 19.3 Å². The molecule has 1 nitrogen and oxygen atoms in total. The summed E-state index contributed by atoms with van der Waals surface area (Å²) in [5, 5.41) is -3.40. The van der Waals surface area contributed by atoms with Crippen LogP contribution in [0.3, 0.4) is 0 Å². The molecule has 1 aliphatic rings. The molecule has 1 heteroatoms. The van der Waals surface area contributed by atoms with Gasteiger partial charge in [0.05, 0.1) is 35.6 Å². The number of benzene rings is 8. The molecule has 1 aliphatic carbocycles. The summed E-state index contributed by atoms with van der Waals surface area (Å²) in [5.41, 5.74) is -7.32. The van der Waals surface area contributed by atoms with Crippen molar-refractivity contribution < 1.29 is 40.1 Å². The molecule has 0 aliphatic heterocycles. The van der Waals surface area contributed by atoms with Gasteiger partial charge in [-0.3, -0.25) is 0 Å². The Morgan fingerprint density at radius 3 is 1.48 bits per heavy atom. The van der Waals surface area contributed by atoms with Crippen LogP contribution in [0.5, 0.6) is 0 Å². The lowest BCUT2D eigenvalue weighted by Crippen LogP contribution is -2.15. The number of rotatable bonds is 3. The Balaban J connectivity index is 1.42. The summed E-state index contributed by atoms with van der Waals surface area (Å²) in [5.74, 6) is 0. The predicted octanol–water partition coefficient (Wildman–Crippen LogP) is 13.2. The highest BCUT2D eigenvalue weighted by molar-refractivity contribution is 6.22. The molecule has 0 fully saturated rings. The highest BCUT2D eigenvalue weighted by Gasteiger charge is 2.36. The predicted molar refractivity (Wildman–Crippen MR) is 203 cm³/mol. The lowest BCUT2D eigenvalue weighted by Gasteiger charge is -2.23. The minimum atomic E-state index is -1.71. The molecule has 0 saturated heterocycles. The van der Waals surface area contributed by atoms with Crippen molar-refractivity contribution >= 4 is 43.5 Å². The Morgan fingerprint density at radius 2 is 0.854 bits per heavy atom. The van der Waals surface area contributed by atoms with E-state index in [1.165, 1.54) is 13.8 Å². The average molecular weight is 639 g/mol. The molecule has 0 spiro atoms. The largest absolute Gasteiger partial charge is 0.456 e. The summed E-state index contributed by atoms with van der Waals surface area (Å²) in [7, 11) is 0. The molecule has 8 aromatic carbocycles. The van der Waals surface area contributed by atoms with Gasteiger partial charge >= 0.3 is 0 Å². The van der Waals surface area contributed by atoms with E-state index >= 15 is 0 Å². The zero-order chi connectivity index (χ0) is 54.6. The molecule has 0 radical (unpaired) electrons. The van der Waals surface area contributed by atoms with Crippen molar-refractivity contribution in [3.63, 3.8) is 0 Å². The monoisotopic (exact) mass is 638 g/mol. The lowest BCUT2D eigenvalue weighted by molar-refractivity contribution is 0.661. The second-order valence-electron chi connectivity index (χ2n) is 11.6. The van der Waals surface area contributed by atoms with Crippen LogP contribution in [0.4, 0.5) is 0 Å². The van der Waals surface area contributed by atoms with Crippen molar-refractivity contribution in [1.29, 1.82) is 0 Å². The van der Waals surface area contributed by atoms with Gasteiger partial charge in [0, 0.05) is 16.2 Å². The van der Waals surface area contributed by atoms with Gasteiger partial charge in [0.25, 0.3) is 0 Å². The zero-order valence-corrected chi connectivity index (χ0v) is 24.9. The van der Waals surface area contributed by atoms with E-state index in [0.29, 0.717) is 0 Å². The van der Waals surface area contributed by atoms with Crippen molar-refractivity contribution in [2.24, 2.45) is 0 Å². The van der Waals surface area contributed by atoms with Gasteiger partial charge in [-0.2, -0.15) is 0 Å². The Hall–Kier alpha value is -5.92. The maximum absolute atomic E-state index is 10.1. The van der Waals surface area contributed by atoms with E-state index in [4.69, 9.17) is 25.0 Å². The highest BCUT2D eigenvalue weighted by atomic mass is 16.3. The van der Waals surface area contributed by atoms with Crippen LogP contribution in [0.25, 0.3) is 88.0 Å². The second kappa shape index (κ2) is 10.0. The lowest BCUT2D eigenvalue weighted by atomic mass is 9.80. The van der Waals surface area contributed by atoms with Crippen LogP contribution in [-0.2, 0) is 5.41 Å². The van der Waals surface area contributed by atoms with E-state index in [9.17, 15) is 15.1 Å². The van der Waals surface area contributed by atoms with Gasteiger partial charge in [0.15, 0.2) is 0 Å². The zero-order valence-electron chi connectivity index (χ0n) is 50.9. The molecule has 1 heterocycles. The standard InChI is InChI=1S/C47H32O/c1-47(2)41-27-30(29-12-4-3-5-13-29)20-23-33(41)34-24-21-32(28-42(34)47)46-38-17-8-6-15-36(38)45(37-16-7-9-18-39(37)46)31-22-25-44-40(26-31)35-14-10-11-19-43(35)48-44/h3-28H,1-2H3/i3D,4D,5D,6D,7D,8D,9D,10D,11D,12D,13D,14D,15D,16D,17D,18D,19D,20D,21D,22D,23D,24D,25D,26D,27D,28D. The molecule has 0 atom stereocenters. The first-order valence-electron chi connectivity index (χ1n) is 27.7. The molecule has 0 unspecified atom stereocenters.